The summed E-state index contributed by atoms with van der Waals surface area (Å²) in [6, 6.07) is 14.8. The minimum absolute atomic E-state index is 0.0421. The molecule has 0 unspecified atom stereocenters. The lowest BCUT2D eigenvalue weighted by Gasteiger charge is -2.05. The highest BCUT2D eigenvalue weighted by Gasteiger charge is 2.07. The molecular formula is C15H13N3O3. The van der Waals surface area contributed by atoms with Gasteiger partial charge in [0.2, 0.25) is 0 Å². The van der Waals surface area contributed by atoms with Gasteiger partial charge in [0.1, 0.15) is 12.3 Å². The fourth-order valence-electron chi connectivity index (χ4n) is 1.71. The Morgan fingerprint density at radius 3 is 2.43 bits per heavy atom. The predicted molar refractivity (Wildman–Crippen MR) is 79.2 cm³/mol. The van der Waals surface area contributed by atoms with Gasteiger partial charge in [0.25, 0.3) is 5.91 Å². The number of carbonyl (C=O) groups is 1. The van der Waals surface area contributed by atoms with Crippen molar-refractivity contribution in [2.45, 2.75) is 0 Å². The third-order valence-corrected chi connectivity index (χ3v) is 2.72. The molecular weight excluding hydrogens is 270 g/mol. The van der Waals surface area contributed by atoms with Crippen molar-refractivity contribution in [2.75, 3.05) is 6.54 Å². The van der Waals surface area contributed by atoms with Crippen molar-refractivity contribution in [3.05, 3.63) is 70.6 Å². The van der Waals surface area contributed by atoms with Crippen LogP contribution in [0.1, 0.15) is 15.9 Å². The van der Waals surface area contributed by atoms with E-state index in [9.17, 15) is 14.8 Å². The zero-order chi connectivity index (χ0) is 15.1. The molecule has 6 heteroatoms. The standard InChI is InChI=1S/C15H13N3O3/c19-13-8-4-7-12(9-13)14(10-16-21)17-18-15(20)11-5-2-1-3-6-11/h1-9,19H,10H2,(H,18,20). The summed E-state index contributed by atoms with van der Waals surface area (Å²) in [4.78, 5) is 22.4. The molecule has 0 bridgehead atoms. The van der Waals surface area contributed by atoms with Gasteiger partial charge in [-0.25, -0.2) is 5.43 Å². The average Bonchev–Trinajstić information content (AvgIpc) is 2.52. The van der Waals surface area contributed by atoms with Gasteiger partial charge in [0.05, 0.1) is 5.71 Å². The van der Waals surface area contributed by atoms with Gasteiger partial charge in [-0.3, -0.25) is 4.79 Å². The number of amides is 1. The average molecular weight is 283 g/mol. The summed E-state index contributed by atoms with van der Waals surface area (Å²) < 4.78 is 0. The van der Waals surface area contributed by atoms with Crippen molar-refractivity contribution in [3.63, 3.8) is 0 Å². The van der Waals surface area contributed by atoms with E-state index in [1.165, 1.54) is 12.1 Å². The van der Waals surface area contributed by atoms with E-state index < -0.39 is 0 Å². The van der Waals surface area contributed by atoms with Gasteiger partial charge in [0.15, 0.2) is 0 Å². The Kier molecular flexibility index (Phi) is 4.76. The second-order valence-electron chi connectivity index (χ2n) is 4.20. The number of phenolic OH excluding ortho intramolecular Hbond substituents is 1. The Hall–Kier alpha value is -3.02. The summed E-state index contributed by atoms with van der Waals surface area (Å²) in [5.41, 5.74) is 3.61. The topological polar surface area (TPSA) is 91.1 Å². The lowest BCUT2D eigenvalue weighted by atomic mass is 10.1. The number of aromatic hydroxyl groups is 1. The SMILES string of the molecule is O=NCC(=NNC(=O)c1ccccc1)c1cccc(O)c1. The monoisotopic (exact) mass is 283 g/mol. The number of rotatable bonds is 5. The molecule has 0 aliphatic carbocycles. The quantitative estimate of drug-likeness (QED) is 0.501. The van der Waals surface area contributed by atoms with E-state index >= 15 is 0 Å². The van der Waals surface area contributed by atoms with Crippen LogP contribution in [0, 0.1) is 4.91 Å². The molecule has 6 nitrogen and oxygen atoms in total. The van der Waals surface area contributed by atoms with Crippen LogP contribution in [0.25, 0.3) is 0 Å². The fourth-order valence-corrected chi connectivity index (χ4v) is 1.71. The van der Waals surface area contributed by atoms with Crippen LogP contribution < -0.4 is 5.43 Å². The van der Waals surface area contributed by atoms with Gasteiger partial charge in [-0.2, -0.15) is 10.0 Å². The molecule has 0 saturated carbocycles. The molecule has 0 atom stereocenters. The van der Waals surface area contributed by atoms with Crippen molar-refractivity contribution in [1.82, 2.24) is 5.43 Å². The summed E-state index contributed by atoms with van der Waals surface area (Å²) in [6.07, 6.45) is 0. The Balaban J connectivity index is 2.18. The van der Waals surface area contributed by atoms with Gasteiger partial charge in [-0.15, -0.1) is 0 Å². The molecule has 2 rings (SSSR count). The molecule has 0 heterocycles. The highest BCUT2D eigenvalue weighted by molar-refractivity contribution is 6.03. The van der Waals surface area contributed by atoms with Crippen LogP contribution in [-0.2, 0) is 0 Å². The number of hydrazone groups is 1. The second kappa shape index (κ2) is 6.95. The van der Waals surface area contributed by atoms with E-state index in [0.717, 1.165) is 0 Å². The maximum atomic E-state index is 11.9. The number of benzene rings is 2. The van der Waals surface area contributed by atoms with Crippen molar-refractivity contribution in [3.8, 4) is 5.75 Å². The first kappa shape index (κ1) is 14.4. The lowest BCUT2D eigenvalue weighted by Crippen LogP contribution is -2.21. The Bertz CT molecular complexity index is 669. The molecule has 21 heavy (non-hydrogen) atoms. The summed E-state index contributed by atoms with van der Waals surface area (Å²) in [6.45, 7) is -0.210. The Labute approximate surface area is 121 Å². The molecule has 0 aliphatic heterocycles. The molecule has 0 fully saturated rings. The second-order valence-corrected chi connectivity index (χ2v) is 4.20. The zero-order valence-corrected chi connectivity index (χ0v) is 11.1. The first-order chi connectivity index (χ1) is 10.2. The molecule has 106 valence electrons. The van der Waals surface area contributed by atoms with E-state index in [-0.39, 0.29) is 23.9 Å². The number of hydrogen-bond acceptors (Lipinski definition) is 5. The number of nitrogens with zero attached hydrogens (tertiary/aromatic N) is 2. The van der Waals surface area contributed by atoms with E-state index in [1.807, 2.05) is 0 Å². The Morgan fingerprint density at radius 1 is 1.05 bits per heavy atom. The van der Waals surface area contributed by atoms with Crippen LogP contribution in [-0.4, -0.2) is 23.3 Å². The first-order valence-electron chi connectivity index (χ1n) is 6.21. The highest BCUT2D eigenvalue weighted by atomic mass is 16.3. The smallest absolute Gasteiger partial charge is 0.271 e. The number of hydrogen-bond donors (Lipinski definition) is 2. The van der Waals surface area contributed by atoms with Crippen LogP contribution in [0.15, 0.2) is 64.9 Å². The van der Waals surface area contributed by atoms with Gasteiger partial charge in [-0.05, 0) is 24.3 Å². The first-order valence-corrected chi connectivity index (χ1v) is 6.21. The van der Waals surface area contributed by atoms with Gasteiger partial charge < -0.3 is 5.11 Å². The maximum Gasteiger partial charge on any atom is 0.271 e. The van der Waals surface area contributed by atoms with E-state index in [2.05, 4.69) is 15.7 Å². The molecule has 2 aromatic carbocycles. The number of nitrogens with one attached hydrogen (secondary N) is 1. The predicted octanol–water partition coefficient (Wildman–Crippen LogP) is 2.29. The van der Waals surface area contributed by atoms with E-state index in [1.54, 1.807) is 42.5 Å². The fraction of sp³-hybridized carbons (Fsp3) is 0.0667. The van der Waals surface area contributed by atoms with Gasteiger partial charge >= 0.3 is 0 Å². The van der Waals surface area contributed by atoms with Crippen LogP contribution in [0.4, 0.5) is 0 Å². The minimum Gasteiger partial charge on any atom is -0.508 e. The van der Waals surface area contributed by atoms with Crippen molar-refractivity contribution < 1.29 is 9.90 Å². The van der Waals surface area contributed by atoms with Crippen molar-refractivity contribution in [2.24, 2.45) is 10.3 Å². The maximum absolute atomic E-state index is 11.9. The molecule has 0 aromatic heterocycles. The van der Waals surface area contributed by atoms with E-state index in [0.29, 0.717) is 11.1 Å². The van der Waals surface area contributed by atoms with Gasteiger partial charge in [-0.1, -0.05) is 35.5 Å². The number of phenols is 1. The third kappa shape index (κ3) is 3.97. The molecule has 0 aliphatic rings. The summed E-state index contributed by atoms with van der Waals surface area (Å²) in [5, 5.41) is 16.1. The molecule has 0 radical (unpaired) electrons. The molecule has 1 amide bonds. The van der Waals surface area contributed by atoms with Crippen molar-refractivity contribution in [1.29, 1.82) is 0 Å². The normalized spacial score (nSPS) is 11.0. The lowest BCUT2D eigenvalue weighted by molar-refractivity contribution is 0.0955. The molecule has 0 saturated heterocycles. The van der Waals surface area contributed by atoms with Gasteiger partial charge in [0, 0.05) is 11.1 Å². The van der Waals surface area contributed by atoms with Crippen molar-refractivity contribution >= 4 is 11.6 Å². The zero-order valence-electron chi connectivity index (χ0n) is 11.1. The summed E-state index contributed by atoms with van der Waals surface area (Å²) in [7, 11) is 0. The largest absolute Gasteiger partial charge is 0.508 e. The molecule has 0 spiro atoms. The highest BCUT2D eigenvalue weighted by Crippen LogP contribution is 2.12. The summed E-state index contributed by atoms with van der Waals surface area (Å²) >= 11 is 0. The van der Waals surface area contributed by atoms with Crippen LogP contribution in [0.5, 0.6) is 5.75 Å². The molecule has 2 aromatic rings. The minimum atomic E-state index is -0.390. The van der Waals surface area contributed by atoms with Crippen LogP contribution >= 0.6 is 0 Å². The van der Waals surface area contributed by atoms with Crippen LogP contribution in [0.2, 0.25) is 0 Å². The summed E-state index contributed by atoms with van der Waals surface area (Å²) in [5.74, 6) is -0.348. The van der Waals surface area contributed by atoms with E-state index in [4.69, 9.17) is 0 Å². The third-order valence-electron chi connectivity index (χ3n) is 2.72. The molecule has 2 N–H and O–H groups in total. The number of nitroso groups, excluding NO2 is 1. The Morgan fingerprint density at radius 2 is 1.76 bits per heavy atom. The van der Waals surface area contributed by atoms with Crippen LogP contribution in [0.3, 0.4) is 0 Å². The number of carbonyl (C=O) groups excluding carboxylic acids is 1.